The molecular weight excluding hydrogens is 378 g/mol. The van der Waals surface area contributed by atoms with Crippen LogP contribution < -0.4 is 10.3 Å². The number of methoxy groups -OCH3 is 2. The Balaban J connectivity index is 2.05. The summed E-state index contributed by atoms with van der Waals surface area (Å²) >= 11 is 0. The molecule has 2 aromatic carbocycles. The van der Waals surface area contributed by atoms with Gasteiger partial charge < -0.3 is 9.47 Å². The Kier molecular flexibility index (Phi) is 5.68. The summed E-state index contributed by atoms with van der Waals surface area (Å²) in [4.78, 5) is 35.1. The number of nitrogens with zero attached hydrogens (tertiary/aromatic N) is 3. The Morgan fingerprint density at radius 2 is 1.76 bits per heavy atom. The number of esters is 1. The minimum atomic E-state index is -0.774. The molecule has 1 aromatic heterocycles. The van der Waals surface area contributed by atoms with Gasteiger partial charge in [-0.05, 0) is 35.9 Å². The van der Waals surface area contributed by atoms with Crippen LogP contribution >= 0.6 is 0 Å². The molecule has 0 bridgehead atoms. The molecule has 9 heteroatoms. The highest BCUT2D eigenvalue weighted by molar-refractivity contribution is 5.90. The fourth-order valence-corrected chi connectivity index (χ4v) is 2.70. The molecule has 0 unspecified atom stereocenters. The Hall–Kier alpha value is -4.01. The normalized spacial score (nSPS) is 10.4. The van der Waals surface area contributed by atoms with E-state index in [0.717, 1.165) is 4.68 Å². The third-order valence-corrected chi connectivity index (χ3v) is 4.24. The van der Waals surface area contributed by atoms with E-state index in [9.17, 15) is 19.7 Å². The van der Waals surface area contributed by atoms with E-state index in [1.165, 1.54) is 37.4 Å². The highest BCUT2D eigenvalue weighted by Crippen LogP contribution is 2.21. The van der Waals surface area contributed by atoms with Gasteiger partial charge in [0.2, 0.25) is 0 Å². The van der Waals surface area contributed by atoms with Crippen LogP contribution in [0.3, 0.4) is 0 Å². The van der Waals surface area contributed by atoms with Gasteiger partial charge in [0.25, 0.3) is 11.2 Å². The third kappa shape index (κ3) is 4.29. The quantitative estimate of drug-likeness (QED) is 0.358. The lowest BCUT2D eigenvalue weighted by Crippen LogP contribution is -2.30. The molecule has 0 atom stereocenters. The maximum absolute atomic E-state index is 12.7. The average molecular weight is 395 g/mol. The molecule has 0 N–H and O–H groups in total. The zero-order valence-electron chi connectivity index (χ0n) is 15.7. The van der Waals surface area contributed by atoms with E-state index in [1.807, 2.05) is 0 Å². The second kappa shape index (κ2) is 8.34. The zero-order valence-corrected chi connectivity index (χ0v) is 15.7. The largest absolute Gasteiger partial charge is 0.497 e. The molecule has 29 heavy (non-hydrogen) atoms. The first-order valence-electron chi connectivity index (χ1n) is 8.51. The number of ether oxygens (including phenoxy) is 2. The van der Waals surface area contributed by atoms with E-state index in [0.29, 0.717) is 22.6 Å². The summed E-state index contributed by atoms with van der Waals surface area (Å²) in [5, 5.41) is 15.2. The first-order chi connectivity index (χ1) is 13.9. The van der Waals surface area contributed by atoms with Gasteiger partial charge >= 0.3 is 5.97 Å². The Morgan fingerprint density at radius 3 is 2.31 bits per heavy atom. The van der Waals surface area contributed by atoms with Crippen LogP contribution in [0.1, 0.15) is 15.9 Å². The van der Waals surface area contributed by atoms with Gasteiger partial charge in [0.1, 0.15) is 11.3 Å². The molecule has 3 aromatic rings. The Bertz CT molecular complexity index is 1100. The average Bonchev–Trinajstić information content (AvgIpc) is 2.75. The predicted molar refractivity (Wildman–Crippen MR) is 104 cm³/mol. The molecule has 1 heterocycles. The Morgan fingerprint density at radius 1 is 1.10 bits per heavy atom. The molecule has 0 aliphatic carbocycles. The van der Waals surface area contributed by atoms with Crippen molar-refractivity contribution in [1.82, 2.24) is 9.78 Å². The molecule has 148 valence electrons. The fourth-order valence-electron chi connectivity index (χ4n) is 2.70. The van der Waals surface area contributed by atoms with Crippen molar-refractivity contribution in [2.75, 3.05) is 14.2 Å². The summed E-state index contributed by atoms with van der Waals surface area (Å²) in [6.45, 7) is 0.0326. The zero-order chi connectivity index (χ0) is 21.0. The van der Waals surface area contributed by atoms with Crippen molar-refractivity contribution in [3.05, 3.63) is 86.2 Å². The van der Waals surface area contributed by atoms with Crippen molar-refractivity contribution in [2.45, 2.75) is 6.54 Å². The van der Waals surface area contributed by atoms with Crippen LogP contribution in [-0.2, 0) is 11.3 Å². The first kappa shape index (κ1) is 19.7. The molecule has 0 spiro atoms. The standard InChI is InChI=1S/C20H17N3O6/c1-28-16-9-5-14(6-10-16)18-11-17(20(25)29-2)19(24)22(21-18)12-13-3-7-15(8-4-13)23(26)27/h3-11H,12H2,1-2H3. The number of hydrogen-bond acceptors (Lipinski definition) is 7. The van der Waals surface area contributed by atoms with Crippen molar-refractivity contribution in [3.63, 3.8) is 0 Å². The van der Waals surface area contributed by atoms with E-state index in [4.69, 9.17) is 9.47 Å². The number of rotatable bonds is 6. The second-order valence-electron chi connectivity index (χ2n) is 6.05. The summed E-state index contributed by atoms with van der Waals surface area (Å²) in [5.41, 5.74) is 0.856. The number of aromatic nitrogens is 2. The van der Waals surface area contributed by atoms with Crippen LogP contribution in [0.5, 0.6) is 5.75 Å². The second-order valence-corrected chi connectivity index (χ2v) is 6.05. The molecule has 3 rings (SSSR count). The van der Waals surface area contributed by atoms with Crippen LogP contribution in [0.25, 0.3) is 11.3 Å². The lowest BCUT2D eigenvalue weighted by molar-refractivity contribution is -0.384. The van der Waals surface area contributed by atoms with E-state index >= 15 is 0 Å². The van der Waals surface area contributed by atoms with Crippen LogP contribution in [0.2, 0.25) is 0 Å². The van der Waals surface area contributed by atoms with E-state index in [2.05, 4.69) is 5.10 Å². The monoisotopic (exact) mass is 395 g/mol. The number of nitro benzene ring substituents is 1. The van der Waals surface area contributed by atoms with Gasteiger partial charge in [-0.1, -0.05) is 12.1 Å². The van der Waals surface area contributed by atoms with E-state index < -0.39 is 16.5 Å². The molecule has 0 amide bonds. The number of carbonyl (C=O) groups is 1. The summed E-state index contributed by atoms with van der Waals surface area (Å²) in [6, 6.07) is 14.1. The highest BCUT2D eigenvalue weighted by Gasteiger charge is 2.17. The lowest BCUT2D eigenvalue weighted by Gasteiger charge is -2.11. The summed E-state index contributed by atoms with van der Waals surface area (Å²) in [6.07, 6.45) is 0. The molecule has 0 aliphatic rings. The van der Waals surface area contributed by atoms with Gasteiger partial charge in [-0.3, -0.25) is 14.9 Å². The SMILES string of the molecule is COC(=O)c1cc(-c2ccc(OC)cc2)nn(Cc2ccc([N+](=O)[O-])cc2)c1=O. The van der Waals surface area contributed by atoms with Gasteiger partial charge in [-0.25, -0.2) is 9.48 Å². The number of nitro groups is 1. The molecule has 0 saturated carbocycles. The lowest BCUT2D eigenvalue weighted by atomic mass is 10.1. The van der Waals surface area contributed by atoms with Gasteiger partial charge in [-0.15, -0.1) is 0 Å². The molecule has 9 nitrogen and oxygen atoms in total. The highest BCUT2D eigenvalue weighted by atomic mass is 16.6. The summed E-state index contributed by atoms with van der Waals surface area (Å²) < 4.78 is 11.0. The van der Waals surface area contributed by atoms with Crippen LogP contribution in [0.4, 0.5) is 5.69 Å². The molecule has 0 aliphatic heterocycles. The minimum absolute atomic E-state index is 0.0326. The number of carbonyl (C=O) groups excluding carboxylic acids is 1. The Labute approximate surface area is 165 Å². The van der Waals surface area contributed by atoms with Gasteiger partial charge in [0.05, 0.1) is 31.4 Å². The number of hydrogen-bond donors (Lipinski definition) is 0. The van der Waals surface area contributed by atoms with Gasteiger partial charge in [0, 0.05) is 17.7 Å². The minimum Gasteiger partial charge on any atom is -0.497 e. The molecular formula is C20H17N3O6. The third-order valence-electron chi connectivity index (χ3n) is 4.24. The van der Waals surface area contributed by atoms with Crippen LogP contribution in [0.15, 0.2) is 59.4 Å². The van der Waals surface area contributed by atoms with Crippen LogP contribution in [-0.4, -0.2) is 34.9 Å². The molecule has 0 saturated heterocycles. The predicted octanol–water partition coefficient (Wildman–Crippen LogP) is 2.66. The maximum Gasteiger partial charge on any atom is 0.343 e. The van der Waals surface area contributed by atoms with Crippen molar-refractivity contribution in [2.24, 2.45) is 0 Å². The first-order valence-corrected chi connectivity index (χ1v) is 8.51. The summed E-state index contributed by atoms with van der Waals surface area (Å²) in [7, 11) is 2.74. The van der Waals surface area contributed by atoms with Crippen LogP contribution in [0, 0.1) is 10.1 Å². The van der Waals surface area contributed by atoms with Crippen molar-refractivity contribution < 1.29 is 19.2 Å². The van der Waals surface area contributed by atoms with Crippen molar-refractivity contribution in [1.29, 1.82) is 0 Å². The summed E-state index contributed by atoms with van der Waals surface area (Å²) in [5.74, 6) is -0.120. The molecule has 0 fully saturated rings. The van der Waals surface area contributed by atoms with Crippen molar-refractivity contribution in [3.8, 4) is 17.0 Å². The smallest absolute Gasteiger partial charge is 0.343 e. The van der Waals surface area contributed by atoms with Crippen molar-refractivity contribution >= 4 is 11.7 Å². The fraction of sp³-hybridized carbons (Fsp3) is 0.150. The van der Waals surface area contributed by atoms with E-state index in [-0.39, 0.29) is 17.8 Å². The topological polar surface area (TPSA) is 114 Å². The number of non-ortho nitro benzene ring substituents is 1. The maximum atomic E-state index is 12.7. The van der Waals surface area contributed by atoms with E-state index in [1.54, 1.807) is 31.4 Å². The number of benzene rings is 2. The molecule has 0 radical (unpaired) electrons. The van der Waals surface area contributed by atoms with Gasteiger partial charge in [0.15, 0.2) is 0 Å². The van der Waals surface area contributed by atoms with Gasteiger partial charge in [-0.2, -0.15) is 5.10 Å².